The first-order valence-electron chi connectivity index (χ1n) is 4.16. The fourth-order valence-electron chi connectivity index (χ4n) is 1.59. The van der Waals surface area contributed by atoms with Crippen molar-refractivity contribution < 1.29 is 14.6 Å². The summed E-state index contributed by atoms with van der Waals surface area (Å²) in [7, 11) is 0. The Morgan fingerprint density at radius 1 is 1.79 bits per heavy atom. The molecule has 0 aromatic rings. The molecule has 0 aromatic carbocycles. The van der Waals surface area contributed by atoms with E-state index in [4.69, 9.17) is 15.1 Å². The summed E-state index contributed by atoms with van der Waals surface area (Å²) in [5.74, 6) is 0. The van der Waals surface area contributed by atoms with E-state index in [9.17, 15) is 4.79 Å². The Hall–Kier alpha value is -1.54. The summed E-state index contributed by atoms with van der Waals surface area (Å²) in [4.78, 5) is 11.9. The maximum absolute atomic E-state index is 10.9. The predicted molar refractivity (Wildman–Crippen MR) is 48.4 cm³/mol. The number of hydrogen-bond acceptors (Lipinski definition) is 3. The minimum Gasteiger partial charge on any atom is -0.465 e. The molecule has 14 heavy (non-hydrogen) atoms. The van der Waals surface area contributed by atoms with Crippen LogP contribution in [0, 0.1) is 11.3 Å². The molecule has 2 atom stereocenters. The van der Waals surface area contributed by atoms with Crippen LogP contribution in [0.25, 0.3) is 0 Å². The van der Waals surface area contributed by atoms with Gasteiger partial charge in [-0.05, 0) is 13.8 Å². The molecule has 1 heterocycles. The van der Waals surface area contributed by atoms with Gasteiger partial charge in [0.05, 0.1) is 6.07 Å². The molecule has 0 bridgehead atoms. The molecule has 0 aromatic heterocycles. The molecule has 1 amide bonds. The van der Waals surface area contributed by atoms with Crippen molar-refractivity contribution in [2.24, 2.45) is 0 Å². The molecule has 1 rings (SSSR count). The lowest BCUT2D eigenvalue weighted by atomic mass is 10.1. The molecule has 5 nitrogen and oxygen atoms in total. The Kier molecular flexibility index (Phi) is 2.49. The molecule has 1 aliphatic heterocycles. The summed E-state index contributed by atoms with van der Waals surface area (Å²) in [6.07, 6.45) is -0.282. The molecular formula is C9H12N2O3. The van der Waals surface area contributed by atoms with Crippen molar-refractivity contribution in [2.75, 3.05) is 0 Å². The second-order valence-electron chi connectivity index (χ2n) is 3.49. The van der Waals surface area contributed by atoms with Crippen LogP contribution in [0.4, 0.5) is 4.79 Å². The molecule has 1 aliphatic rings. The van der Waals surface area contributed by atoms with Crippen LogP contribution < -0.4 is 0 Å². The monoisotopic (exact) mass is 196 g/mol. The Labute approximate surface area is 82.2 Å². The SMILES string of the molecule is C=CC1OC(C)(C)N(C(=O)O)C1C#N. The molecule has 1 saturated heterocycles. The van der Waals surface area contributed by atoms with Crippen molar-refractivity contribution in [1.29, 1.82) is 5.26 Å². The van der Waals surface area contributed by atoms with E-state index in [0.29, 0.717) is 0 Å². The maximum atomic E-state index is 10.9. The van der Waals surface area contributed by atoms with Gasteiger partial charge in [0.2, 0.25) is 0 Å². The third kappa shape index (κ3) is 1.44. The highest BCUT2D eigenvalue weighted by molar-refractivity contribution is 5.67. The van der Waals surface area contributed by atoms with Crippen molar-refractivity contribution in [1.82, 2.24) is 4.90 Å². The number of nitrogens with zero attached hydrogens (tertiary/aromatic N) is 2. The van der Waals surface area contributed by atoms with Crippen LogP contribution in [0.2, 0.25) is 0 Å². The Morgan fingerprint density at radius 3 is 2.71 bits per heavy atom. The summed E-state index contributed by atoms with van der Waals surface area (Å²) in [5.41, 5.74) is -0.981. The van der Waals surface area contributed by atoms with Crippen LogP contribution in [0.3, 0.4) is 0 Å². The van der Waals surface area contributed by atoms with Gasteiger partial charge in [0, 0.05) is 0 Å². The van der Waals surface area contributed by atoms with Gasteiger partial charge >= 0.3 is 6.09 Å². The first kappa shape index (κ1) is 10.5. The predicted octanol–water partition coefficient (Wildman–Crippen LogP) is 1.18. The molecule has 0 spiro atoms. The normalized spacial score (nSPS) is 29.6. The first-order valence-corrected chi connectivity index (χ1v) is 4.16. The van der Waals surface area contributed by atoms with Crippen LogP contribution in [0.5, 0.6) is 0 Å². The largest absolute Gasteiger partial charge is 0.465 e. The van der Waals surface area contributed by atoms with E-state index < -0.39 is 24.0 Å². The average Bonchev–Trinajstić information content (AvgIpc) is 2.35. The van der Waals surface area contributed by atoms with Gasteiger partial charge in [-0.1, -0.05) is 6.08 Å². The van der Waals surface area contributed by atoms with Gasteiger partial charge in [-0.2, -0.15) is 5.26 Å². The van der Waals surface area contributed by atoms with Crippen molar-refractivity contribution >= 4 is 6.09 Å². The van der Waals surface area contributed by atoms with Crippen molar-refractivity contribution in [3.8, 4) is 6.07 Å². The highest BCUT2D eigenvalue weighted by Gasteiger charge is 2.49. The Morgan fingerprint density at radius 2 is 2.36 bits per heavy atom. The van der Waals surface area contributed by atoms with Gasteiger partial charge in [0.25, 0.3) is 0 Å². The van der Waals surface area contributed by atoms with Crippen LogP contribution in [0.15, 0.2) is 12.7 Å². The maximum Gasteiger partial charge on any atom is 0.410 e. The van der Waals surface area contributed by atoms with E-state index in [1.54, 1.807) is 13.8 Å². The summed E-state index contributed by atoms with van der Waals surface area (Å²) >= 11 is 0. The molecule has 2 unspecified atom stereocenters. The molecule has 0 aliphatic carbocycles. The lowest BCUT2D eigenvalue weighted by molar-refractivity contribution is -0.0555. The van der Waals surface area contributed by atoms with Crippen molar-refractivity contribution in [3.63, 3.8) is 0 Å². The molecule has 1 fully saturated rings. The van der Waals surface area contributed by atoms with Gasteiger partial charge in [0.1, 0.15) is 11.8 Å². The van der Waals surface area contributed by atoms with Crippen molar-refractivity contribution in [3.05, 3.63) is 12.7 Å². The Balaban J connectivity index is 3.06. The molecule has 5 heteroatoms. The topological polar surface area (TPSA) is 73.6 Å². The van der Waals surface area contributed by atoms with E-state index >= 15 is 0 Å². The van der Waals surface area contributed by atoms with Gasteiger partial charge in [-0.15, -0.1) is 6.58 Å². The highest BCUT2D eigenvalue weighted by Crippen LogP contribution is 2.32. The van der Waals surface area contributed by atoms with E-state index in [0.717, 1.165) is 4.90 Å². The summed E-state index contributed by atoms with van der Waals surface area (Å²) in [6.45, 7) is 6.72. The zero-order valence-electron chi connectivity index (χ0n) is 8.10. The summed E-state index contributed by atoms with van der Waals surface area (Å²) < 4.78 is 5.38. The molecule has 0 saturated carbocycles. The summed E-state index contributed by atoms with van der Waals surface area (Å²) in [5, 5.41) is 17.8. The van der Waals surface area contributed by atoms with Crippen molar-refractivity contribution in [2.45, 2.75) is 31.7 Å². The molecular weight excluding hydrogens is 184 g/mol. The second kappa shape index (κ2) is 3.31. The molecule has 1 N–H and O–H groups in total. The van der Waals surface area contributed by atoms with E-state index in [-0.39, 0.29) is 0 Å². The van der Waals surface area contributed by atoms with Crippen LogP contribution in [0.1, 0.15) is 13.8 Å². The number of hydrogen-bond donors (Lipinski definition) is 1. The molecule has 76 valence electrons. The lowest BCUT2D eigenvalue weighted by Crippen LogP contribution is -2.47. The number of carbonyl (C=O) groups is 1. The average molecular weight is 196 g/mol. The number of carboxylic acid groups (broad SMARTS) is 1. The minimum atomic E-state index is -1.16. The molecule has 0 radical (unpaired) electrons. The zero-order chi connectivity index (χ0) is 10.9. The number of amides is 1. The third-order valence-electron chi connectivity index (χ3n) is 2.16. The summed E-state index contributed by atoms with van der Waals surface area (Å²) in [6, 6.07) is 1.08. The minimum absolute atomic E-state index is 0.564. The van der Waals surface area contributed by atoms with Gasteiger partial charge < -0.3 is 9.84 Å². The highest BCUT2D eigenvalue weighted by atomic mass is 16.6. The van der Waals surface area contributed by atoms with Gasteiger partial charge in [0.15, 0.2) is 6.04 Å². The number of rotatable bonds is 1. The number of ether oxygens (including phenoxy) is 1. The standard InChI is InChI=1S/C9H12N2O3/c1-4-7-6(5-10)11(8(12)13)9(2,3)14-7/h4,6-7H,1H2,2-3H3,(H,12,13). The Bertz CT molecular complexity index is 306. The number of nitriles is 1. The second-order valence-corrected chi connectivity index (χ2v) is 3.49. The van der Waals surface area contributed by atoms with E-state index in [1.165, 1.54) is 6.08 Å². The van der Waals surface area contributed by atoms with Gasteiger partial charge in [-0.3, -0.25) is 4.90 Å². The smallest absolute Gasteiger partial charge is 0.410 e. The third-order valence-corrected chi connectivity index (χ3v) is 2.16. The first-order chi connectivity index (χ1) is 6.44. The quantitative estimate of drug-likeness (QED) is 0.639. The van der Waals surface area contributed by atoms with Gasteiger partial charge in [-0.25, -0.2) is 4.79 Å². The zero-order valence-corrected chi connectivity index (χ0v) is 8.10. The fourth-order valence-corrected chi connectivity index (χ4v) is 1.59. The van der Waals surface area contributed by atoms with Crippen LogP contribution >= 0.6 is 0 Å². The van der Waals surface area contributed by atoms with E-state index in [1.807, 2.05) is 6.07 Å². The lowest BCUT2D eigenvalue weighted by Gasteiger charge is -2.28. The van der Waals surface area contributed by atoms with Crippen LogP contribution in [-0.4, -0.2) is 34.0 Å². The van der Waals surface area contributed by atoms with E-state index in [2.05, 4.69) is 6.58 Å². The fraction of sp³-hybridized carbons (Fsp3) is 0.556. The van der Waals surface area contributed by atoms with Crippen LogP contribution in [-0.2, 0) is 4.74 Å².